The lowest BCUT2D eigenvalue weighted by Crippen LogP contribution is -2.18. The SMILES string of the molecule is COCC(=O)Nc1scc(-c2ccc3c(c2)CCCC3)c1C(=O)OC. The fraction of sp³-hybridized carbons (Fsp3) is 0.368. The van der Waals surface area contributed by atoms with Crippen LogP contribution < -0.4 is 5.32 Å². The number of carbonyl (C=O) groups excluding carboxylic acids is 2. The van der Waals surface area contributed by atoms with Crippen LogP contribution in [-0.4, -0.2) is 32.7 Å². The maximum Gasteiger partial charge on any atom is 0.341 e. The molecule has 132 valence electrons. The number of benzene rings is 1. The Morgan fingerprint density at radius 3 is 2.64 bits per heavy atom. The van der Waals surface area contributed by atoms with E-state index in [-0.39, 0.29) is 12.5 Å². The van der Waals surface area contributed by atoms with Crippen molar-refractivity contribution in [2.75, 3.05) is 26.1 Å². The van der Waals surface area contributed by atoms with Crippen molar-refractivity contribution in [3.05, 3.63) is 40.3 Å². The molecule has 6 heteroatoms. The Balaban J connectivity index is 1.99. The first-order valence-electron chi connectivity index (χ1n) is 8.24. The molecule has 1 amide bonds. The zero-order chi connectivity index (χ0) is 17.8. The highest BCUT2D eigenvalue weighted by molar-refractivity contribution is 7.15. The molecule has 0 fully saturated rings. The number of methoxy groups -OCH3 is 2. The number of nitrogens with one attached hydrogen (secondary N) is 1. The van der Waals surface area contributed by atoms with E-state index >= 15 is 0 Å². The minimum Gasteiger partial charge on any atom is -0.465 e. The standard InChI is InChI=1S/C19H21NO4S/c1-23-10-16(21)20-18-17(19(22)24-2)15(11-25-18)14-8-7-12-5-3-4-6-13(12)9-14/h7-9,11H,3-6,10H2,1-2H3,(H,20,21). The Labute approximate surface area is 151 Å². The van der Waals surface area contributed by atoms with Crippen molar-refractivity contribution in [2.45, 2.75) is 25.7 Å². The van der Waals surface area contributed by atoms with Gasteiger partial charge >= 0.3 is 5.97 Å². The van der Waals surface area contributed by atoms with Crippen LogP contribution in [0, 0.1) is 0 Å². The minimum atomic E-state index is -0.457. The number of aryl methyl sites for hydroxylation is 2. The maximum atomic E-state index is 12.3. The third kappa shape index (κ3) is 3.75. The van der Waals surface area contributed by atoms with Crippen LogP contribution in [0.2, 0.25) is 0 Å². The smallest absolute Gasteiger partial charge is 0.341 e. The van der Waals surface area contributed by atoms with Crippen molar-refractivity contribution in [3.8, 4) is 11.1 Å². The topological polar surface area (TPSA) is 64.6 Å². The number of fused-ring (bicyclic) bond motifs is 1. The molecule has 5 nitrogen and oxygen atoms in total. The molecule has 0 bridgehead atoms. The highest BCUT2D eigenvalue weighted by Gasteiger charge is 2.23. The van der Waals surface area contributed by atoms with Gasteiger partial charge in [-0.2, -0.15) is 0 Å². The molecule has 0 saturated heterocycles. The molecule has 2 aromatic rings. The third-order valence-electron chi connectivity index (χ3n) is 4.37. The van der Waals surface area contributed by atoms with Gasteiger partial charge in [0.2, 0.25) is 0 Å². The lowest BCUT2D eigenvalue weighted by atomic mass is 9.89. The van der Waals surface area contributed by atoms with Gasteiger partial charge in [-0.3, -0.25) is 4.79 Å². The molecule has 0 atom stereocenters. The van der Waals surface area contributed by atoms with Crippen LogP contribution in [0.3, 0.4) is 0 Å². The van der Waals surface area contributed by atoms with Crippen molar-refractivity contribution >= 4 is 28.2 Å². The van der Waals surface area contributed by atoms with E-state index in [1.54, 1.807) is 0 Å². The fourth-order valence-electron chi connectivity index (χ4n) is 3.16. The summed E-state index contributed by atoms with van der Waals surface area (Å²) in [5, 5.41) is 5.11. The monoisotopic (exact) mass is 359 g/mol. The van der Waals surface area contributed by atoms with E-state index < -0.39 is 5.97 Å². The highest BCUT2D eigenvalue weighted by atomic mass is 32.1. The zero-order valence-electron chi connectivity index (χ0n) is 14.4. The molecule has 3 rings (SSSR count). The van der Waals surface area contributed by atoms with Crippen molar-refractivity contribution in [2.24, 2.45) is 0 Å². The molecular formula is C19H21NO4S. The highest BCUT2D eigenvalue weighted by Crippen LogP contribution is 2.37. The molecule has 0 aliphatic heterocycles. The molecule has 0 unspecified atom stereocenters. The Morgan fingerprint density at radius 2 is 1.92 bits per heavy atom. The van der Waals surface area contributed by atoms with Gasteiger partial charge in [-0.1, -0.05) is 18.2 Å². The second kappa shape index (κ2) is 7.80. The van der Waals surface area contributed by atoms with Gasteiger partial charge in [0.15, 0.2) is 0 Å². The van der Waals surface area contributed by atoms with Gasteiger partial charge in [0, 0.05) is 18.1 Å². The number of ether oxygens (including phenoxy) is 2. The van der Waals surface area contributed by atoms with E-state index in [0.29, 0.717) is 10.6 Å². The van der Waals surface area contributed by atoms with Gasteiger partial charge in [0.05, 0.1) is 7.11 Å². The summed E-state index contributed by atoms with van der Waals surface area (Å²) < 4.78 is 9.77. The van der Waals surface area contributed by atoms with E-state index in [4.69, 9.17) is 9.47 Å². The van der Waals surface area contributed by atoms with Crippen molar-refractivity contribution in [1.82, 2.24) is 0 Å². The first-order valence-corrected chi connectivity index (χ1v) is 9.12. The van der Waals surface area contributed by atoms with Crippen molar-refractivity contribution < 1.29 is 19.1 Å². The number of esters is 1. The fourth-order valence-corrected chi connectivity index (χ4v) is 4.14. The average Bonchev–Trinajstić information content (AvgIpc) is 3.04. The summed E-state index contributed by atoms with van der Waals surface area (Å²) in [7, 11) is 2.80. The summed E-state index contributed by atoms with van der Waals surface area (Å²) in [4.78, 5) is 24.2. The van der Waals surface area contributed by atoms with E-state index in [9.17, 15) is 9.59 Å². The molecule has 0 spiro atoms. The van der Waals surface area contributed by atoms with Crippen molar-refractivity contribution in [1.29, 1.82) is 0 Å². The first kappa shape index (κ1) is 17.6. The predicted octanol–water partition coefficient (Wildman–Crippen LogP) is 3.67. The maximum absolute atomic E-state index is 12.3. The molecule has 0 saturated carbocycles. The second-order valence-corrected chi connectivity index (χ2v) is 6.90. The van der Waals surface area contributed by atoms with Crippen LogP contribution in [0.5, 0.6) is 0 Å². The predicted molar refractivity (Wildman–Crippen MR) is 98.2 cm³/mol. The Morgan fingerprint density at radius 1 is 1.16 bits per heavy atom. The summed E-state index contributed by atoms with van der Waals surface area (Å²) in [5.41, 5.74) is 4.89. The Hall–Kier alpha value is -2.18. The van der Waals surface area contributed by atoms with Gasteiger partial charge in [-0.15, -0.1) is 11.3 Å². The molecule has 1 aromatic heterocycles. The summed E-state index contributed by atoms with van der Waals surface area (Å²) in [6.07, 6.45) is 4.61. The van der Waals surface area contributed by atoms with Crippen LogP contribution >= 0.6 is 11.3 Å². The Bertz CT molecular complexity index is 797. The van der Waals surface area contributed by atoms with Gasteiger partial charge in [0.25, 0.3) is 5.91 Å². The van der Waals surface area contributed by atoms with E-state index in [1.165, 1.54) is 49.5 Å². The molecule has 1 aromatic carbocycles. The van der Waals surface area contributed by atoms with Crippen LogP contribution in [0.25, 0.3) is 11.1 Å². The van der Waals surface area contributed by atoms with Gasteiger partial charge in [-0.05, 0) is 42.4 Å². The number of hydrogen-bond donors (Lipinski definition) is 1. The van der Waals surface area contributed by atoms with E-state index in [2.05, 4.69) is 17.4 Å². The number of rotatable bonds is 5. The van der Waals surface area contributed by atoms with Crippen LogP contribution in [0.4, 0.5) is 5.00 Å². The summed E-state index contributed by atoms with van der Waals surface area (Å²) >= 11 is 1.32. The second-order valence-electron chi connectivity index (χ2n) is 6.02. The normalized spacial score (nSPS) is 13.2. The largest absolute Gasteiger partial charge is 0.465 e. The van der Waals surface area contributed by atoms with Crippen LogP contribution in [0.15, 0.2) is 23.6 Å². The Kier molecular flexibility index (Phi) is 5.50. The van der Waals surface area contributed by atoms with Crippen LogP contribution in [-0.2, 0) is 27.1 Å². The molecule has 25 heavy (non-hydrogen) atoms. The minimum absolute atomic E-state index is 0.0628. The van der Waals surface area contributed by atoms with E-state index in [1.807, 2.05) is 11.4 Å². The zero-order valence-corrected chi connectivity index (χ0v) is 15.2. The number of thiophene rings is 1. The molecule has 0 radical (unpaired) electrons. The lowest BCUT2D eigenvalue weighted by molar-refractivity contribution is -0.119. The number of hydrogen-bond acceptors (Lipinski definition) is 5. The average molecular weight is 359 g/mol. The molecule has 1 aliphatic carbocycles. The molecular weight excluding hydrogens is 338 g/mol. The lowest BCUT2D eigenvalue weighted by Gasteiger charge is -2.16. The molecule has 1 heterocycles. The quantitative estimate of drug-likeness (QED) is 0.828. The number of anilines is 1. The third-order valence-corrected chi connectivity index (χ3v) is 5.26. The first-order chi connectivity index (χ1) is 12.1. The van der Waals surface area contributed by atoms with Gasteiger partial charge in [0.1, 0.15) is 17.2 Å². The van der Waals surface area contributed by atoms with Gasteiger partial charge in [-0.25, -0.2) is 4.79 Å². The van der Waals surface area contributed by atoms with Crippen molar-refractivity contribution in [3.63, 3.8) is 0 Å². The number of carbonyl (C=O) groups is 2. The summed E-state index contributed by atoms with van der Waals surface area (Å²) in [6, 6.07) is 6.34. The van der Waals surface area contributed by atoms with Gasteiger partial charge < -0.3 is 14.8 Å². The number of amides is 1. The molecule has 1 N–H and O–H groups in total. The summed E-state index contributed by atoms with van der Waals surface area (Å²) in [5.74, 6) is -0.756. The van der Waals surface area contributed by atoms with Crippen LogP contribution in [0.1, 0.15) is 34.3 Å². The van der Waals surface area contributed by atoms with E-state index in [0.717, 1.165) is 24.0 Å². The summed E-state index contributed by atoms with van der Waals surface area (Å²) in [6.45, 7) is -0.0628. The molecule has 1 aliphatic rings.